The van der Waals surface area contributed by atoms with Crippen LogP contribution in [-0.4, -0.2) is 69.9 Å². The summed E-state index contributed by atoms with van der Waals surface area (Å²) in [6.07, 6.45) is 1.84. The summed E-state index contributed by atoms with van der Waals surface area (Å²) < 4.78 is 31.0. The van der Waals surface area contributed by atoms with E-state index in [-0.39, 0.29) is 16.4 Å². The lowest BCUT2D eigenvalue weighted by atomic mass is 10.2. The van der Waals surface area contributed by atoms with Crippen LogP contribution in [0.1, 0.15) is 22.3 Å². The first kappa shape index (κ1) is 24.1. The van der Waals surface area contributed by atoms with E-state index in [4.69, 9.17) is 21.3 Å². The molecule has 1 aliphatic rings. The molecule has 3 aromatic rings. The van der Waals surface area contributed by atoms with Crippen LogP contribution < -0.4 is 4.90 Å². The van der Waals surface area contributed by atoms with Crippen molar-refractivity contribution in [2.45, 2.75) is 18.2 Å². The van der Waals surface area contributed by atoms with Crippen molar-refractivity contribution >= 4 is 54.0 Å². The number of aryl methyl sites for hydroxylation is 1. The number of morpholine rings is 1. The molecule has 33 heavy (non-hydrogen) atoms. The zero-order valence-electron chi connectivity index (χ0n) is 18.6. The third kappa shape index (κ3) is 5.55. The Labute approximate surface area is 202 Å². The Morgan fingerprint density at radius 1 is 1.24 bits per heavy atom. The zero-order chi connectivity index (χ0) is 23.6. The number of hydrogen-bond acceptors (Lipinski definition) is 7. The number of carbonyl (C=O) groups excluding carboxylic acids is 1. The number of anilines is 1. The van der Waals surface area contributed by atoms with E-state index in [0.29, 0.717) is 29.9 Å². The van der Waals surface area contributed by atoms with Crippen LogP contribution in [0.3, 0.4) is 0 Å². The molecule has 0 bridgehead atoms. The molecule has 1 aromatic heterocycles. The van der Waals surface area contributed by atoms with Crippen LogP contribution in [0.15, 0.2) is 41.3 Å². The first-order valence-corrected chi connectivity index (χ1v) is 13.8. The van der Waals surface area contributed by atoms with E-state index in [1.165, 1.54) is 17.4 Å². The Morgan fingerprint density at radius 3 is 2.70 bits per heavy atom. The third-order valence-electron chi connectivity index (χ3n) is 5.59. The number of benzene rings is 2. The number of aromatic nitrogens is 1. The number of fused-ring (bicyclic) bond motifs is 1. The SMILES string of the molecule is Cc1cc(Cl)cc2sc(N(CCCN3CCOCC3)C(=O)c3ccccc3S(C)(=O)=O)nc12. The number of rotatable bonds is 7. The van der Waals surface area contributed by atoms with Gasteiger partial charge < -0.3 is 4.74 Å². The fraction of sp³-hybridized carbons (Fsp3) is 0.391. The predicted molar refractivity (Wildman–Crippen MR) is 132 cm³/mol. The summed E-state index contributed by atoms with van der Waals surface area (Å²) in [5.74, 6) is -0.374. The highest BCUT2D eigenvalue weighted by Gasteiger charge is 2.26. The molecule has 2 heterocycles. The minimum Gasteiger partial charge on any atom is -0.379 e. The Balaban J connectivity index is 1.68. The maximum Gasteiger partial charge on any atom is 0.261 e. The van der Waals surface area contributed by atoms with E-state index in [1.807, 2.05) is 19.1 Å². The van der Waals surface area contributed by atoms with E-state index in [9.17, 15) is 13.2 Å². The number of amides is 1. The number of sulfone groups is 1. The molecule has 0 N–H and O–H groups in total. The van der Waals surface area contributed by atoms with Gasteiger partial charge in [0.25, 0.3) is 5.91 Å². The van der Waals surface area contributed by atoms with E-state index in [1.54, 1.807) is 23.1 Å². The number of thiazole rings is 1. The van der Waals surface area contributed by atoms with E-state index < -0.39 is 9.84 Å². The first-order chi connectivity index (χ1) is 15.7. The lowest BCUT2D eigenvalue weighted by Gasteiger charge is -2.28. The topological polar surface area (TPSA) is 79.8 Å². The minimum atomic E-state index is -3.57. The van der Waals surface area contributed by atoms with Crippen molar-refractivity contribution in [2.24, 2.45) is 0 Å². The molecular weight excluding hydrogens is 482 g/mol. The van der Waals surface area contributed by atoms with Gasteiger partial charge in [0, 0.05) is 37.5 Å². The second-order valence-electron chi connectivity index (χ2n) is 8.10. The van der Waals surface area contributed by atoms with Crippen molar-refractivity contribution in [2.75, 3.05) is 50.5 Å². The van der Waals surface area contributed by atoms with Crippen LogP contribution in [-0.2, 0) is 14.6 Å². The van der Waals surface area contributed by atoms with Gasteiger partial charge in [0.2, 0.25) is 0 Å². The van der Waals surface area contributed by atoms with Gasteiger partial charge in [-0.15, -0.1) is 0 Å². The van der Waals surface area contributed by atoms with Crippen LogP contribution >= 0.6 is 22.9 Å². The predicted octanol–water partition coefficient (Wildman–Crippen LogP) is 4.03. The molecule has 0 aliphatic carbocycles. The molecule has 7 nitrogen and oxygen atoms in total. The van der Waals surface area contributed by atoms with Crippen molar-refractivity contribution in [1.82, 2.24) is 9.88 Å². The second-order valence-corrected chi connectivity index (χ2v) is 11.5. The van der Waals surface area contributed by atoms with Gasteiger partial charge in [-0.2, -0.15) is 0 Å². The van der Waals surface area contributed by atoms with Gasteiger partial charge in [-0.05, 0) is 43.2 Å². The van der Waals surface area contributed by atoms with Gasteiger partial charge in [0.05, 0.1) is 33.9 Å². The van der Waals surface area contributed by atoms with E-state index >= 15 is 0 Å². The molecule has 0 unspecified atom stereocenters. The highest BCUT2D eigenvalue weighted by atomic mass is 35.5. The monoisotopic (exact) mass is 507 g/mol. The molecule has 4 rings (SSSR count). The third-order valence-corrected chi connectivity index (χ3v) is 7.99. The van der Waals surface area contributed by atoms with Crippen LogP contribution in [0, 0.1) is 6.92 Å². The Morgan fingerprint density at radius 2 is 1.97 bits per heavy atom. The highest BCUT2D eigenvalue weighted by molar-refractivity contribution is 7.90. The van der Waals surface area contributed by atoms with Gasteiger partial charge in [-0.25, -0.2) is 13.4 Å². The lowest BCUT2D eigenvalue weighted by Crippen LogP contribution is -2.39. The Kier molecular flexibility index (Phi) is 7.35. The number of hydrogen-bond donors (Lipinski definition) is 0. The number of ether oxygens (including phenoxy) is 1. The average molecular weight is 508 g/mol. The first-order valence-electron chi connectivity index (χ1n) is 10.7. The quantitative estimate of drug-likeness (QED) is 0.480. The maximum atomic E-state index is 13.7. The molecule has 10 heteroatoms. The molecule has 1 fully saturated rings. The van der Waals surface area contributed by atoms with E-state index in [2.05, 4.69) is 4.90 Å². The van der Waals surface area contributed by atoms with Gasteiger partial charge in [0.1, 0.15) is 0 Å². The molecule has 1 saturated heterocycles. The summed E-state index contributed by atoms with van der Waals surface area (Å²) in [4.78, 5) is 22.4. The number of nitrogens with zero attached hydrogens (tertiary/aromatic N) is 3. The average Bonchev–Trinajstić information content (AvgIpc) is 3.20. The lowest BCUT2D eigenvalue weighted by molar-refractivity contribution is 0.0376. The zero-order valence-corrected chi connectivity index (χ0v) is 21.0. The molecular formula is C23H26ClN3O4S2. The number of halogens is 1. The van der Waals surface area contributed by atoms with Gasteiger partial charge >= 0.3 is 0 Å². The van der Waals surface area contributed by atoms with Crippen LogP contribution in [0.4, 0.5) is 5.13 Å². The van der Waals surface area contributed by atoms with Crippen LogP contribution in [0.2, 0.25) is 5.02 Å². The minimum absolute atomic E-state index is 0.0218. The van der Waals surface area contributed by atoms with Crippen molar-refractivity contribution in [3.63, 3.8) is 0 Å². The van der Waals surface area contributed by atoms with Gasteiger partial charge in [-0.3, -0.25) is 14.6 Å². The Bertz CT molecular complexity index is 1270. The fourth-order valence-electron chi connectivity index (χ4n) is 3.93. The summed E-state index contributed by atoms with van der Waals surface area (Å²) in [7, 11) is -3.57. The normalized spacial score (nSPS) is 15.1. The van der Waals surface area contributed by atoms with Gasteiger partial charge in [-0.1, -0.05) is 35.1 Å². The number of carbonyl (C=O) groups is 1. The van der Waals surface area contributed by atoms with Gasteiger partial charge in [0.15, 0.2) is 15.0 Å². The smallest absolute Gasteiger partial charge is 0.261 e. The molecule has 176 valence electrons. The standard InChI is InChI=1S/C23H26ClN3O4S2/c1-16-14-17(24)15-19-21(16)25-23(32-19)27(9-5-8-26-10-12-31-13-11-26)22(28)18-6-3-4-7-20(18)33(2,29)30/h3-4,6-7,14-15H,5,8-13H2,1-2H3. The van der Waals surface area contributed by atoms with Crippen LogP contribution in [0.5, 0.6) is 0 Å². The molecule has 2 aromatic carbocycles. The second kappa shape index (κ2) is 10.1. The largest absolute Gasteiger partial charge is 0.379 e. The summed E-state index contributed by atoms with van der Waals surface area (Å²) >= 11 is 7.61. The molecule has 0 radical (unpaired) electrons. The summed E-state index contributed by atoms with van der Waals surface area (Å²) in [6, 6.07) is 10.0. The van der Waals surface area contributed by atoms with Crippen molar-refractivity contribution in [3.8, 4) is 0 Å². The molecule has 0 spiro atoms. The van der Waals surface area contributed by atoms with Crippen molar-refractivity contribution in [1.29, 1.82) is 0 Å². The molecule has 1 aliphatic heterocycles. The highest BCUT2D eigenvalue weighted by Crippen LogP contribution is 2.34. The molecule has 0 saturated carbocycles. The molecule has 0 atom stereocenters. The molecule has 1 amide bonds. The summed E-state index contributed by atoms with van der Waals surface area (Å²) in [5, 5.41) is 1.15. The van der Waals surface area contributed by atoms with Crippen LogP contribution in [0.25, 0.3) is 10.2 Å². The van der Waals surface area contributed by atoms with Crippen molar-refractivity contribution < 1.29 is 17.9 Å². The fourth-order valence-corrected chi connectivity index (χ4v) is 6.26. The summed E-state index contributed by atoms with van der Waals surface area (Å²) in [5.41, 5.74) is 1.87. The Hall–Kier alpha value is -2.04. The van der Waals surface area contributed by atoms with Crippen molar-refractivity contribution in [3.05, 3.63) is 52.5 Å². The van der Waals surface area contributed by atoms with E-state index in [0.717, 1.165) is 48.1 Å². The summed E-state index contributed by atoms with van der Waals surface area (Å²) in [6.45, 7) is 6.32. The maximum absolute atomic E-state index is 13.7.